The molecule has 0 rings (SSSR count). The van der Waals surface area contributed by atoms with E-state index in [1.807, 2.05) is 0 Å². The summed E-state index contributed by atoms with van der Waals surface area (Å²) >= 11 is 0. The van der Waals surface area contributed by atoms with Gasteiger partial charge in [0, 0.05) is 6.54 Å². The van der Waals surface area contributed by atoms with Gasteiger partial charge in [-0.3, -0.25) is 4.79 Å². The number of carbonyl (C=O) groups excluding carboxylic acids is 2. The van der Waals surface area contributed by atoms with Crippen LogP contribution in [-0.4, -0.2) is 67.4 Å². The number of nitrogens with one attached hydrogen (secondary N) is 1. The van der Waals surface area contributed by atoms with Gasteiger partial charge in [0.15, 0.2) is 9.84 Å². The van der Waals surface area contributed by atoms with Gasteiger partial charge in [0.1, 0.15) is 17.2 Å². The van der Waals surface area contributed by atoms with E-state index < -0.39 is 44.9 Å². The summed E-state index contributed by atoms with van der Waals surface area (Å²) in [5.41, 5.74) is 3.65. The number of esters is 1. The second-order valence-electron chi connectivity index (χ2n) is 7.24. The van der Waals surface area contributed by atoms with Gasteiger partial charge in [-0.2, -0.15) is 0 Å². The van der Waals surface area contributed by atoms with Crippen LogP contribution >= 0.6 is 0 Å². The maximum atomic E-state index is 12.2. The summed E-state index contributed by atoms with van der Waals surface area (Å²) in [6, 6.07) is -1.36. The van der Waals surface area contributed by atoms with E-state index in [0.717, 1.165) is 0 Å². The monoisotopic (exact) mass is 398 g/mol. The molecule has 0 aliphatic heterocycles. The Morgan fingerprint density at radius 2 is 1.54 bits per heavy atom. The van der Waals surface area contributed by atoms with Gasteiger partial charge in [-0.25, -0.2) is 18.0 Å². The van der Waals surface area contributed by atoms with E-state index in [9.17, 15) is 18.0 Å². The summed E-state index contributed by atoms with van der Waals surface area (Å²) in [5.74, 6) is -1.73. The van der Waals surface area contributed by atoms with E-state index in [4.69, 9.17) is 25.1 Å². The Hall–Kier alpha value is -1.88. The van der Waals surface area contributed by atoms with Gasteiger partial charge in [0.25, 0.3) is 6.47 Å². The van der Waals surface area contributed by atoms with Crippen molar-refractivity contribution in [3.05, 3.63) is 0 Å². The second-order valence-corrected chi connectivity index (χ2v) is 9.47. The highest BCUT2D eigenvalue weighted by molar-refractivity contribution is 7.91. The highest BCUT2D eigenvalue weighted by atomic mass is 32.2. The van der Waals surface area contributed by atoms with Gasteiger partial charge in [-0.1, -0.05) is 0 Å². The van der Waals surface area contributed by atoms with E-state index in [2.05, 4.69) is 5.32 Å². The molecule has 154 valence electrons. The van der Waals surface area contributed by atoms with Crippen LogP contribution in [0, 0.1) is 0 Å². The van der Waals surface area contributed by atoms with E-state index in [-0.39, 0.29) is 18.8 Å². The van der Waals surface area contributed by atoms with Gasteiger partial charge >= 0.3 is 12.1 Å². The summed E-state index contributed by atoms with van der Waals surface area (Å²) in [6.07, 6.45) is -0.892. The van der Waals surface area contributed by atoms with Crippen molar-refractivity contribution in [3.8, 4) is 0 Å². The van der Waals surface area contributed by atoms with Crippen molar-refractivity contribution in [1.29, 1.82) is 0 Å². The average molecular weight is 398 g/mol. The first-order chi connectivity index (χ1) is 11.6. The third kappa shape index (κ3) is 15.6. The number of carboxylic acid groups (broad SMARTS) is 1. The lowest BCUT2D eigenvalue weighted by molar-refractivity contribution is -0.156. The van der Waals surface area contributed by atoms with Crippen LogP contribution in [0.15, 0.2) is 0 Å². The lowest BCUT2D eigenvalue weighted by Gasteiger charge is -2.26. The molecule has 10 nitrogen and oxygen atoms in total. The van der Waals surface area contributed by atoms with Crippen molar-refractivity contribution in [1.82, 2.24) is 5.32 Å². The van der Waals surface area contributed by atoms with Crippen LogP contribution in [0.3, 0.4) is 0 Å². The Labute approximate surface area is 154 Å². The fraction of sp³-hybridized carbons (Fsp3) is 0.800. The van der Waals surface area contributed by atoms with Crippen molar-refractivity contribution < 1.29 is 37.4 Å². The third-order valence-corrected chi connectivity index (χ3v) is 3.93. The lowest BCUT2D eigenvalue weighted by Crippen LogP contribution is -2.49. The van der Waals surface area contributed by atoms with Gasteiger partial charge in [-0.15, -0.1) is 0 Å². The van der Waals surface area contributed by atoms with Crippen molar-refractivity contribution in [2.24, 2.45) is 5.73 Å². The van der Waals surface area contributed by atoms with Crippen molar-refractivity contribution in [2.75, 3.05) is 18.1 Å². The highest BCUT2D eigenvalue weighted by Gasteiger charge is 2.32. The Morgan fingerprint density at radius 1 is 1.12 bits per heavy atom. The summed E-state index contributed by atoms with van der Waals surface area (Å²) in [7, 11) is -3.62. The van der Waals surface area contributed by atoms with E-state index in [0.29, 0.717) is 0 Å². The normalized spacial score (nSPS) is 12.9. The minimum absolute atomic E-state index is 0.0736. The molecule has 1 unspecified atom stereocenters. The number of nitrogens with two attached hydrogens (primary N) is 1. The minimum Gasteiger partial charge on any atom is -0.483 e. The maximum absolute atomic E-state index is 12.2. The Bertz CT molecular complexity index is 561. The Kier molecular flexibility index (Phi) is 11.1. The van der Waals surface area contributed by atoms with E-state index in [1.54, 1.807) is 41.5 Å². The molecule has 26 heavy (non-hydrogen) atoms. The fourth-order valence-electron chi connectivity index (χ4n) is 1.51. The zero-order valence-electron chi connectivity index (χ0n) is 16.1. The summed E-state index contributed by atoms with van der Waals surface area (Å²) in [6.45, 7) is 9.56. The molecule has 1 amide bonds. The average Bonchev–Trinajstić information content (AvgIpc) is 2.33. The summed E-state index contributed by atoms with van der Waals surface area (Å²) in [5, 5.41) is 9.14. The van der Waals surface area contributed by atoms with Gasteiger partial charge in [-0.05, 0) is 41.5 Å². The van der Waals surface area contributed by atoms with Crippen LogP contribution in [0.2, 0.25) is 0 Å². The molecule has 0 aromatic rings. The van der Waals surface area contributed by atoms with Gasteiger partial charge in [0.2, 0.25) is 0 Å². The largest absolute Gasteiger partial charge is 0.483 e. The molecular weight excluding hydrogens is 368 g/mol. The molecule has 0 aromatic carbocycles. The molecule has 0 aliphatic rings. The van der Waals surface area contributed by atoms with Crippen molar-refractivity contribution in [2.45, 2.75) is 58.8 Å². The number of ether oxygens (including phenoxy) is 2. The summed E-state index contributed by atoms with van der Waals surface area (Å²) < 4.78 is 34.0. The zero-order chi connectivity index (χ0) is 21.2. The standard InChI is InChI=1S/C14H28N2O6S.CH2O2/c1-13(2,3)21-11(17)10(9-23(19,20)8-7-15)16-12(18)22-14(4,5)6;2-1-3/h10H,7-9,15H2,1-6H3,(H,16,18);1H,(H,2,3). The molecule has 0 heterocycles. The third-order valence-electron chi connectivity index (χ3n) is 2.23. The van der Waals surface area contributed by atoms with Gasteiger partial charge in [0.05, 0.1) is 11.5 Å². The first-order valence-electron chi connectivity index (χ1n) is 7.77. The van der Waals surface area contributed by atoms with Crippen molar-refractivity contribution in [3.63, 3.8) is 0 Å². The molecule has 0 radical (unpaired) electrons. The second kappa shape index (κ2) is 11.0. The molecular formula is C15H30N2O8S. The molecule has 0 spiro atoms. The summed E-state index contributed by atoms with van der Waals surface area (Å²) in [4.78, 5) is 32.3. The number of hydrogen-bond acceptors (Lipinski definition) is 8. The highest BCUT2D eigenvalue weighted by Crippen LogP contribution is 2.11. The molecule has 1 atom stereocenters. The molecule has 0 aromatic heterocycles. The quantitative estimate of drug-likeness (QED) is 0.422. The van der Waals surface area contributed by atoms with Crippen molar-refractivity contribution >= 4 is 28.4 Å². The smallest absolute Gasteiger partial charge is 0.408 e. The number of carbonyl (C=O) groups is 3. The minimum atomic E-state index is -3.62. The lowest BCUT2D eigenvalue weighted by atomic mass is 10.2. The topological polar surface area (TPSA) is 162 Å². The first-order valence-corrected chi connectivity index (χ1v) is 9.59. The molecule has 0 aliphatic carbocycles. The predicted molar refractivity (Wildman–Crippen MR) is 95.4 cm³/mol. The van der Waals surface area contributed by atoms with E-state index in [1.165, 1.54) is 0 Å². The molecule has 0 fully saturated rings. The number of rotatable bonds is 6. The zero-order valence-corrected chi connectivity index (χ0v) is 16.9. The van der Waals surface area contributed by atoms with E-state index >= 15 is 0 Å². The molecule has 0 saturated carbocycles. The van der Waals surface area contributed by atoms with Crippen LogP contribution in [0.5, 0.6) is 0 Å². The molecule has 11 heteroatoms. The Balaban J connectivity index is 0. The molecule has 0 bridgehead atoms. The van der Waals surface area contributed by atoms with Crippen LogP contribution in [0.1, 0.15) is 41.5 Å². The fourth-order valence-corrected chi connectivity index (χ4v) is 2.76. The Morgan fingerprint density at radius 3 is 1.88 bits per heavy atom. The number of sulfone groups is 1. The van der Waals surface area contributed by atoms with Crippen LogP contribution in [0.4, 0.5) is 4.79 Å². The van der Waals surface area contributed by atoms with Crippen LogP contribution < -0.4 is 11.1 Å². The predicted octanol–water partition coefficient (Wildman–Crippen LogP) is 0.296. The number of amides is 1. The number of alkyl carbamates (subject to hydrolysis) is 1. The first kappa shape index (κ1) is 26.4. The van der Waals surface area contributed by atoms with Gasteiger partial charge < -0.3 is 25.6 Å². The molecule has 4 N–H and O–H groups in total. The maximum Gasteiger partial charge on any atom is 0.408 e. The van der Waals surface area contributed by atoms with Crippen LogP contribution in [-0.2, 0) is 28.9 Å². The molecule has 0 saturated heterocycles. The number of hydrogen-bond donors (Lipinski definition) is 3. The van der Waals surface area contributed by atoms with Crippen LogP contribution in [0.25, 0.3) is 0 Å². The SMILES string of the molecule is CC(C)(C)OC(=O)NC(CS(=O)(=O)CCN)C(=O)OC(C)(C)C.O=CO.